The maximum absolute atomic E-state index is 13.5. The molecule has 0 radical (unpaired) electrons. The van der Waals surface area contributed by atoms with Gasteiger partial charge in [0.05, 0.1) is 11.4 Å². The fraction of sp³-hybridized carbons (Fsp3) is 0.462. The van der Waals surface area contributed by atoms with Crippen molar-refractivity contribution in [1.29, 1.82) is 0 Å². The fourth-order valence-electron chi connectivity index (χ4n) is 2.08. The van der Waals surface area contributed by atoms with Gasteiger partial charge in [-0.05, 0) is 36.3 Å². The average Bonchev–Trinajstić information content (AvgIpc) is 2.37. The lowest BCUT2D eigenvalue weighted by atomic mass is 9.98. The molecule has 0 aromatic heterocycles. The van der Waals surface area contributed by atoms with Gasteiger partial charge >= 0.3 is 0 Å². The van der Waals surface area contributed by atoms with E-state index >= 15 is 0 Å². The number of hydrogen-bond donors (Lipinski definition) is 2. The van der Waals surface area contributed by atoms with Crippen LogP contribution in [0.3, 0.4) is 0 Å². The van der Waals surface area contributed by atoms with Gasteiger partial charge in [0.25, 0.3) is 0 Å². The lowest BCUT2D eigenvalue weighted by Crippen LogP contribution is -2.20. The minimum atomic E-state index is -0.820. The summed E-state index contributed by atoms with van der Waals surface area (Å²) >= 11 is 1.89. The minimum absolute atomic E-state index is 0.0610. The maximum Gasteiger partial charge on any atom is 0.224 e. The molecule has 0 bridgehead atoms. The molecular weight excluding hydrogens is 270 g/mol. The molecule has 0 saturated carbocycles. The SMILES string of the molecule is Nc1cc(NC(=O)CC2CCSCC2)c(F)cc1F. The van der Waals surface area contributed by atoms with Gasteiger partial charge in [-0.2, -0.15) is 11.8 Å². The predicted molar refractivity (Wildman–Crippen MR) is 74.1 cm³/mol. The molecule has 6 heteroatoms. The Morgan fingerprint density at radius 1 is 1.32 bits per heavy atom. The van der Waals surface area contributed by atoms with Crippen LogP contribution >= 0.6 is 11.8 Å². The number of benzene rings is 1. The molecular formula is C13H16F2N2OS. The molecule has 1 amide bonds. The Morgan fingerprint density at radius 2 is 2.00 bits per heavy atom. The van der Waals surface area contributed by atoms with E-state index in [0.717, 1.165) is 30.4 Å². The van der Waals surface area contributed by atoms with Crippen LogP contribution < -0.4 is 11.1 Å². The number of thioether (sulfide) groups is 1. The van der Waals surface area contributed by atoms with Gasteiger partial charge in [-0.25, -0.2) is 8.78 Å². The Balaban J connectivity index is 1.96. The quantitative estimate of drug-likeness (QED) is 0.840. The highest BCUT2D eigenvalue weighted by molar-refractivity contribution is 7.99. The number of hydrogen-bond acceptors (Lipinski definition) is 3. The Morgan fingerprint density at radius 3 is 2.68 bits per heavy atom. The van der Waals surface area contributed by atoms with Crippen LogP contribution in [0.2, 0.25) is 0 Å². The second kappa shape index (κ2) is 6.23. The number of nitrogens with one attached hydrogen (secondary N) is 1. The summed E-state index contributed by atoms with van der Waals surface area (Å²) in [7, 11) is 0. The molecule has 1 aliphatic heterocycles. The van der Waals surface area contributed by atoms with Crippen LogP contribution in [0.15, 0.2) is 12.1 Å². The molecule has 1 saturated heterocycles. The third-order valence-electron chi connectivity index (χ3n) is 3.18. The molecule has 1 fully saturated rings. The second-order valence-corrected chi connectivity index (χ2v) is 5.89. The van der Waals surface area contributed by atoms with E-state index in [1.165, 1.54) is 0 Å². The van der Waals surface area contributed by atoms with Crippen LogP contribution in [0.1, 0.15) is 19.3 Å². The molecule has 1 aliphatic rings. The summed E-state index contributed by atoms with van der Waals surface area (Å²) < 4.78 is 26.4. The van der Waals surface area contributed by atoms with Gasteiger partial charge in [-0.3, -0.25) is 4.79 Å². The molecule has 2 rings (SSSR count). The Kier molecular flexibility index (Phi) is 4.63. The number of halogens is 2. The van der Waals surface area contributed by atoms with Gasteiger partial charge in [0.2, 0.25) is 5.91 Å². The normalized spacial score (nSPS) is 16.3. The second-order valence-electron chi connectivity index (χ2n) is 4.66. The summed E-state index contributed by atoms with van der Waals surface area (Å²) in [6.45, 7) is 0. The first-order valence-corrected chi connectivity index (χ1v) is 7.34. The highest BCUT2D eigenvalue weighted by Gasteiger charge is 2.18. The molecule has 104 valence electrons. The molecule has 0 atom stereocenters. The van der Waals surface area contributed by atoms with Crippen LogP contribution in [0.5, 0.6) is 0 Å². The molecule has 0 spiro atoms. The van der Waals surface area contributed by atoms with Crippen molar-refractivity contribution in [1.82, 2.24) is 0 Å². The van der Waals surface area contributed by atoms with Gasteiger partial charge in [-0.1, -0.05) is 0 Å². The van der Waals surface area contributed by atoms with Crippen LogP contribution in [-0.4, -0.2) is 17.4 Å². The molecule has 1 aromatic rings. The van der Waals surface area contributed by atoms with Crippen LogP contribution in [-0.2, 0) is 4.79 Å². The third-order valence-corrected chi connectivity index (χ3v) is 4.22. The Hall–Kier alpha value is -1.30. The number of nitrogens with two attached hydrogens (primary N) is 1. The number of carbonyl (C=O) groups excluding carboxylic acids is 1. The van der Waals surface area contributed by atoms with Crippen LogP contribution in [0.4, 0.5) is 20.2 Å². The molecule has 0 unspecified atom stereocenters. The first-order chi connectivity index (χ1) is 9.06. The summed E-state index contributed by atoms with van der Waals surface area (Å²) in [6.07, 6.45) is 2.38. The van der Waals surface area contributed by atoms with Crippen molar-refractivity contribution >= 4 is 29.0 Å². The molecule has 1 aromatic carbocycles. The van der Waals surface area contributed by atoms with Gasteiger partial charge in [0.15, 0.2) is 0 Å². The van der Waals surface area contributed by atoms with Gasteiger partial charge in [0.1, 0.15) is 11.6 Å². The van der Waals surface area contributed by atoms with E-state index in [4.69, 9.17) is 5.73 Å². The standard InChI is InChI=1S/C13H16F2N2OS/c14-9-6-10(15)12(7-11(9)16)17-13(18)5-8-1-3-19-4-2-8/h6-8H,1-5,16H2,(H,17,18). The van der Waals surface area contributed by atoms with Crippen molar-refractivity contribution in [2.24, 2.45) is 5.92 Å². The third kappa shape index (κ3) is 3.83. The highest BCUT2D eigenvalue weighted by Crippen LogP contribution is 2.26. The van der Waals surface area contributed by atoms with E-state index < -0.39 is 11.6 Å². The zero-order valence-electron chi connectivity index (χ0n) is 10.4. The van der Waals surface area contributed by atoms with Crippen molar-refractivity contribution in [3.8, 4) is 0 Å². The molecule has 19 heavy (non-hydrogen) atoms. The first kappa shape index (κ1) is 14.1. The van der Waals surface area contributed by atoms with Crippen molar-refractivity contribution in [3.05, 3.63) is 23.8 Å². The topological polar surface area (TPSA) is 55.1 Å². The van der Waals surface area contributed by atoms with Gasteiger partial charge in [-0.15, -0.1) is 0 Å². The zero-order valence-corrected chi connectivity index (χ0v) is 11.2. The average molecular weight is 286 g/mol. The lowest BCUT2D eigenvalue weighted by molar-refractivity contribution is -0.117. The molecule has 3 N–H and O–H groups in total. The van der Waals surface area contributed by atoms with Crippen molar-refractivity contribution in [3.63, 3.8) is 0 Å². The molecule has 3 nitrogen and oxygen atoms in total. The highest BCUT2D eigenvalue weighted by atomic mass is 32.2. The number of anilines is 2. The summed E-state index contributed by atoms with van der Waals surface area (Å²) in [5, 5.41) is 2.46. The van der Waals surface area contributed by atoms with Gasteiger partial charge in [0, 0.05) is 12.5 Å². The zero-order chi connectivity index (χ0) is 13.8. The van der Waals surface area contributed by atoms with E-state index in [-0.39, 0.29) is 17.3 Å². The molecule has 0 aliphatic carbocycles. The monoisotopic (exact) mass is 286 g/mol. The summed E-state index contributed by atoms with van der Waals surface area (Å²) in [4.78, 5) is 11.8. The van der Waals surface area contributed by atoms with Crippen LogP contribution in [0, 0.1) is 17.6 Å². The number of amides is 1. The smallest absolute Gasteiger partial charge is 0.224 e. The largest absolute Gasteiger partial charge is 0.396 e. The van der Waals surface area contributed by atoms with E-state index in [0.29, 0.717) is 18.4 Å². The first-order valence-electron chi connectivity index (χ1n) is 6.18. The minimum Gasteiger partial charge on any atom is -0.396 e. The number of rotatable bonds is 3. The number of carbonyl (C=O) groups is 1. The fourth-order valence-corrected chi connectivity index (χ4v) is 3.28. The van der Waals surface area contributed by atoms with E-state index in [9.17, 15) is 13.6 Å². The summed E-state index contributed by atoms with van der Waals surface area (Å²) in [5.74, 6) is 0.606. The lowest BCUT2D eigenvalue weighted by Gasteiger charge is -2.20. The van der Waals surface area contributed by atoms with Gasteiger partial charge < -0.3 is 11.1 Å². The number of nitrogen functional groups attached to an aromatic ring is 1. The Labute approximate surface area is 114 Å². The van der Waals surface area contributed by atoms with Crippen molar-refractivity contribution < 1.29 is 13.6 Å². The molecule has 1 heterocycles. The van der Waals surface area contributed by atoms with Crippen molar-refractivity contribution in [2.75, 3.05) is 22.6 Å². The summed E-state index contributed by atoms with van der Waals surface area (Å²) in [5.41, 5.74) is 5.12. The predicted octanol–water partition coefficient (Wildman–Crippen LogP) is 3.02. The Bertz CT molecular complexity index is 476. The van der Waals surface area contributed by atoms with E-state index in [2.05, 4.69) is 5.32 Å². The van der Waals surface area contributed by atoms with E-state index in [1.54, 1.807) is 0 Å². The summed E-state index contributed by atoms with van der Waals surface area (Å²) in [6, 6.07) is 1.79. The van der Waals surface area contributed by atoms with Crippen LogP contribution in [0.25, 0.3) is 0 Å². The maximum atomic E-state index is 13.5. The van der Waals surface area contributed by atoms with E-state index in [1.807, 2.05) is 11.8 Å². The van der Waals surface area contributed by atoms with Crippen molar-refractivity contribution in [2.45, 2.75) is 19.3 Å².